The lowest BCUT2D eigenvalue weighted by atomic mass is 9.94. The van der Waals surface area contributed by atoms with Crippen molar-refractivity contribution in [2.24, 2.45) is 0 Å². The third-order valence-electron chi connectivity index (χ3n) is 3.46. The molecule has 0 fully saturated rings. The molecule has 0 radical (unpaired) electrons. The van der Waals surface area contributed by atoms with Crippen LogP contribution in [-0.4, -0.2) is 16.1 Å². The van der Waals surface area contributed by atoms with Crippen molar-refractivity contribution in [2.75, 3.05) is 6.54 Å². The van der Waals surface area contributed by atoms with Crippen molar-refractivity contribution in [3.63, 3.8) is 0 Å². The molecule has 1 aliphatic rings. The monoisotopic (exact) mass is 265 g/mol. The molecule has 1 unspecified atom stereocenters. The summed E-state index contributed by atoms with van der Waals surface area (Å²) in [4.78, 5) is 1.26. The number of aromatic nitrogens is 2. The van der Waals surface area contributed by atoms with Crippen LogP contribution in [-0.2, 0) is 0 Å². The molecule has 0 saturated carbocycles. The minimum Gasteiger partial charge on any atom is -0.306 e. The summed E-state index contributed by atoms with van der Waals surface area (Å²) >= 11 is 1.52. The molecule has 0 aromatic carbocycles. The fourth-order valence-corrected chi connectivity index (χ4v) is 3.11. The lowest BCUT2D eigenvalue weighted by molar-refractivity contribution is 0.545. The maximum absolute atomic E-state index is 4.01. The van der Waals surface area contributed by atoms with E-state index in [4.69, 9.17) is 0 Å². The molecule has 1 aromatic rings. The van der Waals surface area contributed by atoms with Crippen LogP contribution in [0.4, 0.5) is 0 Å². The van der Waals surface area contributed by atoms with Gasteiger partial charge in [-0.2, -0.15) is 0 Å². The molecule has 18 heavy (non-hydrogen) atoms. The van der Waals surface area contributed by atoms with Gasteiger partial charge in [0, 0.05) is 0 Å². The minimum atomic E-state index is 0.350. The van der Waals surface area contributed by atoms with Gasteiger partial charge >= 0.3 is 0 Å². The Morgan fingerprint density at radius 3 is 3.00 bits per heavy atom. The van der Waals surface area contributed by atoms with E-state index in [1.807, 2.05) is 6.20 Å². The maximum atomic E-state index is 4.01. The zero-order valence-corrected chi connectivity index (χ0v) is 12.0. The lowest BCUT2D eigenvalue weighted by Gasteiger charge is -2.21. The Hall–Kier alpha value is -0.740. The summed E-state index contributed by atoms with van der Waals surface area (Å²) in [5.74, 6) is 0. The predicted octanol–water partition coefficient (Wildman–Crippen LogP) is 3.86. The predicted molar refractivity (Wildman–Crippen MR) is 76.7 cm³/mol. The molecule has 0 amide bonds. The van der Waals surface area contributed by atoms with E-state index in [0.717, 1.165) is 13.0 Å². The fraction of sp³-hybridized carbons (Fsp3) is 0.714. The van der Waals surface area contributed by atoms with Crippen LogP contribution in [0.15, 0.2) is 17.8 Å². The molecule has 3 nitrogen and oxygen atoms in total. The van der Waals surface area contributed by atoms with E-state index in [2.05, 4.69) is 27.9 Å². The zero-order chi connectivity index (χ0) is 12.6. The first kappa shape index (κ1) is 13.7. The highest BCUT2D eigenvalue weighted by molar-refractivity contribution is 7.05. The standard InChI is InChI=1S/C14H23N3S/c1-2-10-15-14(13-11-16-17-18-13)12-8-6-4-3-5-7-9-12/h8,11,14-15H,2-7,9-10H2,1H3. The second-order valence-electron chi connectivity index (χ2n) is 4.94. The van der Waals surface area contributed by atoms with Gasteiger partial charge in [-0.3, -0.25) is 0 Å². The average Bonchev–Trinajstić information content (AvgIpc) is 2.85. The second kappa shape index (κ2) is 7.64. The molecule has 100 valence electrons. The van der Waals surface area contributed by atoms with Crippen LogP contribution >= 0.6 is 11.5 Å². The second-order valence-corrected chi connectivity index (χ2v) is 5.76. The van der Waals surface area contributed by atoms with Gasteiger partial charge in [-0.15, -0.1) is 5.10 Å². The Balaban J connectivity index is 2.11. The number of hydrogen-bond donors (Lipinski definition) is 1. The third kappa shape index (κ3) is 3.89. The first-order valence-electron chi connectivity index (χ1n) is 7.11. The average molecular weight is 265 g/mol. The Labute approximate surface area is 114 Å². The van der Waals surface area contributed by atoms with Crippen LogP contribution in [0, 0.1) is 0 Å². The van der Waals surface area contributed by atoms with Crippen molar-refractivity contribution >= 4 is 11.5 Å². The Kier molecular flexibility index (Phi) is 5.81. The first-order valence-corrected chi connectivity index (χ1v) is 7.88. The topological polar surface area (TPSA) is 37.8 Å². The Morgan fingerprint density at radius 1 is 1.33 bits per heavy atom. The van der Waals surface area contributed by atoms with E-state index < -0.39 is 0 Å². The molecule has 2 rings (SSSR count). The summed E-state index contributed by atoms with van der Waals surface area (Å²) in [6.07, 6.45) is 13.4. The Morgan fingerprint density at radius 2 is 2.22 bits per heavy atom. The highest BCUT2D eigenvalue weighted by atomic mass is 32.1. The van der Waals surface area contributed by atoms with Crippen LogP contribution in [0.5, 0.6) is 0 Å². The van der Waals surface area contributed by atoms with Crippen LogP contribution in [0.2, 0.25) is 0 Å². The summed E-state index contributed by atoms with van der Waals surface area (Å²) in [6.45, 7) is 3.27. The highest BCUT2D eigenvalue weighted by Crippen LogP contribution is 2.29. The van der Waals surface area contributed by atoms with Gasteiger partial charge in [-0.05, 0) is 50.2 Å². The van der Waals surface area contributed by atoms with Gasteiger partial charge in [-0.25, -0.2) is 0 Å². The molecular formula is C14H23N3S. The normalized spacial score (nSPS) is 18.8. The van der Waals surface area contributed by atoms with Gasteiger partial charge in [0.25, 0.3) is 0 Å². The van der Waals surface area contributed by atoms with Gasteiger partial charge in [0.2, 0.25) is 0 Å². The molecule has 0 saturated heterocycles. The van der Waals surface area contributed by atoms with E-state index in [-0.39, 0.29) is 0 Å². The summed E-state index contributed by atoms with van der Waals surface area (Å²) in [5, 5.41) is 7.64. The van der Waals surface area contributed by atoms with Crippen LogP contribution in [0.3, 0.4) is 0 Å². The molecule has 1 aromatic heterocycles. The largest absolute Gasteiger partial charge is 0.306 e. The maximum Gasteiger partial charge on any atom is 0.0672 e. The number of nitrogens with zero attached hydrogens (tertiary/aromatic N) is 2. The number of hydrogen-bond acceptors (Lipinski definition) is 4. The van der Waals surface area contributed by atoms with Gasteiger partial charge in [-0.1, -0.05) is 35.9 Å². The van der Waals surface area contributed by atoms with E-state index in [0.29, 0.717) is 6.04 Å². The lowest BCUT2D eigenvalue weighted by Crippen LogP contribution is -2.23. The van der Waals surface area contributed by atoms with Gasteiger partial charge in [0.1, 0.15) is 0 Å². The van der Waals surface area contributed by atoms with E-state index >= 15 is 0 Å². The van der Waals surface area contributed by atoms with Crippen LogP contribution < -0.4 is 5.32 Å². The fourth-order valence-electron chi connectivity index (χ4n) is 2.48. The molecule has 4 heteroatoms. The molecule has 1 aliphatic carbocycles. The summed E-state index contributed by atoms with van der Waals surface area (Å²) in [7, 11) is 0. The first-order chi connectivity index (χ1) is 8.92. The molecule has 0 spiro atoms. The molecule has 0 aliphatic heterocycles. The van der Waals surface area contributed by atoms with Crippen molar-refractivity contribution in [2.45, 2.75) is 57.9 Å². The number of allylic oxidation sites excluding steroid dienone is 1. The van der Waals surface area contributed by atoms with Crippen molar-refractivity contribution in [1.82, 2.24) is 14.9 Å². The van der Waals surface area contributed by atoms with E-state index in [1.54, 1.807) is 5.57 Å². The van der Waals surface area contributed by atoms with E-state index in [9.17, 15) is 0 Å². The molecule has 1 N–H and O–H groups in total. The molecule has 1 atom stereocenters. The highest BCUT2D eigenvalue weighted by Gasteiger charge is 2.18. The van der Waals surface area contributed by atoms with Gasteiger partial charge in [0.15, 0.2) is 0 Å². The van der Waals surface area contributed by atoms with Crippen molar-refractivity contribution in [3.8, 4) is 0 Å². The summed E-state index contributed by atoms with van der Waals surface area (Å²) in [6, 6.07) is 0.350. The SMILES string of the molecule is CCCNC(C1=CCCCCCC1)c1cnns1. The van der Waals surface area contributed by atoms with Crippen molar-refractivity contribution < 1.29 is 0 Å². The zero-order valence-electron chi connectivity index (χ0n) is 11.2. The van der Waals surface area contributed by atoms with Crippen LogP contribution in [0.25, 0.3) is 0 Å². The third-order valence-corrected chi connectivity index (χ3v) is 4.19. The molecule has 1 heterocycles. The van der Waals surface area contributed by atoms with Gasteiger partial charge in [0.05, 0.1) is 17.1 Å². The van der Waals surface area contributed by atoms with Crippen LogP contribution in [0.1, 0.15) is 62.8 Å². The molecule has 0 bridgehead atoms. The smallest absolute Gasteiger partial charge is 0.0672 e. The minimum absolute atomic E-state index is 0.350. The van der Waals surface area contributed by atoms with Gasteiger partial charge < -0.3 is 5.32 Å². The van der Waals surface area contributed by atoms with E-state index in [1.165, 1.54) is 54.9 Å². The molecular weight excluding hydrogens is 242 g/mol. The van der Waals surface area contributed by atoms with Crippen molar-refractivity contribution in [3.05, 3.63) is 22.7 Å². The number of nitrogens with one attached hydrogen (secondary N) is 1. The number of rotatable bonds is 5. The quantitative estimate of drug-likeness (QED) is 0.822. The summed E-state index contributed by atoms with van der Waals surface area (Å²) < 4.78 is 4.01. The van der Waals surface area contributed by atoms with Crippen molar-refractivity contribution in [1.29, 1.82) is 0 Å². The Bertz CT molecular complexity index is 359. The summed E-state index contributed by atoms with van der Waals surface area (Å²) in [5.41, 5.74) is 1.55.